The number of aliphatic hydroxyl groups is 5. The average Bonchev–Trinajstić information content (AvgIpc) is 3.09. The van der Waals surface area contributed by atoms with Crippen LogP contribution in [0.1, 0.15) is 59.4 Å². The highest BCUT2D eigenvalue weighted by atomic mass is 16.3. The number of benzene rings is 1. The zero-order valence-electron chi connectivity index (χ0n) is 25.1. The molecule has 0 saturated heterocycles. The van der Waals surface area contributed by atoms with Gasteiger partial charge in [-0.1, -0.05) is 92.3 Å². The van der Waals surface area contributed by atoms with Gasteiger partial charge in [0, 0.05) is 36.6 Å². The minimum Gasteiger partial charge on any atom is -0.395 e. The summed E-state index contributed by atoms with van der Waals surface area (Å²) in [6, 6.07) is 10.3. The van der Waals surface area contributed by atoms with Crippen molar-refractivity contribution in [1.29, 1.82) is 0 Å². The molecule has 0 aliphatic carbocycles. The summed E-state index contributed by atoms with van der Waals surface area (Å²) in [4.78, 5) is 13.8. The molecule has 0 bridgehead atoms. The summed E-state index contributed by atoms with van der Waals surface area (Å²) in [5.41, 5.74) is 1.38. The van der Waals surface area contributed by atoms with Crippen LogP contribution in [0.2, 0.25) is 0 Å². The van der Waals surface area contributed by atoms with Crippen LogP contribution in [-0.2, 0) is 11.2 Å². The second-order valence-electron chi connectivity index (χ2n) is 11.3. The number of aliphatic hydroxyl groups excluding tert-OH is 4. The van der Waals surface area contributed by atoms with Gasteiger partial charge in [0.1, 0.15) is 0 Å². The Hall–Kier alpha value is -2.81. The molecule has 1 aromatic carbocycles. The molecule has 0 saturated carbocycles. The van der Waals surface area contributed by atoms with E-state index in [1.165, 1.54) is 17.4 Å². The van der Waals surface area contributed by atoms with Crippen molar-refractivity contribution in [3.05, 3.63) is 95.3 Å². The van der Waals surface area contributed by atoms with Crippen molar-refractivity contribution in [2.45, 2.75) is 84.3 Å². The van der Waals surface area contributed by atoms with Crippen molar-refractivity contribution in [3.63, 3.8) is 0 Å². The van der Waals surface area contributed by atoms with Gasteiger partial charge in [-0.15, -0.1) is 0 Å². The van der Waals surface area contributed by atoms with Gasteiger partial charge in [-0.3, -0.25) is 4.79 Å². The summed E-state index contributed by atoms with van der Waals surface area (Å²) < 4.78 is 0. The lowest BCUT2D eigenvalue weighted by molar-refractivity contribution is -0.144. The zero-order valence-corrected chi connectivity index (χ0v) is 25.1. The molecule has 2 rings (SSSR count). The molecule has 0 amide bonds. The predicted octanol–water partition coefficient (Wildman–Crippen LogP) is 4.23. The number of Topliss-reactive ketones (excluding diaryl/α,β-unsaturated/α-hetero) is 1. The fourth-order valence-corrected chi connectivity index (χ4v) is 5.13. The lowest BCUT2D eigenvalue weighted by atomic mass is 9.88. The summed E-state index contributed by atoms with van der Waals surface area (Å²) >= 11 is 0. The first-order chi connectivity index (χ1) is 19.4. The maximum absolute atomic E-state index is 12.4. The molecular weight excluding hydrogens is 518 g/mol. The molecule has 7 nitrogen and oxygen atoms in total. The van der Waals surface area contributed by atoms with Gasteiger partial charge >= 0.3 is 0 Å². The molecule has 5 N–H and O–H groups in total. The SMILES string of the molecule is CC(C=CC=CC(O)CC(O)CC1=C(C)C(=O)C(C)(O)N1CCO)=CC=CC(C)C(O)C(C)CCc1ccccc1. The highest BCUT2D eigenvalue weighted by Crippen LogP contribution is 2.34. The normalized spacial score (nSPS) is 22.3. The number of allylic oxidation sites excluding steroid dienone is 6. The number of aryl methyl sites for hydroxylation is 1. The number of ketones is 1. The third-order valence-corrected chi connectivity index (χ3v) is 7.75. The number of hydrogen-bond acceptors (Lipinski definition) is 7. The maximum atomic E-state index is 12.4. The lowest BCUT2D eigenvalue weighted by Crippen LogP contribution is -2.48. The van der Waals surface area contributed by atoms with Crippen molar-refractivity contribution in [2.75, 3.05) is 13.2 Å². The van der Waals surface area contributed by atoms with Gasteiger partial charge in [-0.05, 0) is 45.1 Å². The summed E-state index contributed by atoms with van der Waals surface area (Å²) in [6.07, 6.45) is 12.7. The molecular formula is C34H49NO6. The highest BCUT2D eigenvalue weighted by Gasteiger charge is 2.46. The van der Waals surface area contributed by atoms with Gasteiger partial charge in [0.2, 0.25) is 5.78 Å². The van der Waals surface area contributed by atoms with E-state index in [0.717, 1.165) is 18.4 Å². The predicted molar refractivity (Wildman–Crippen MR) is 164 cm³/mol. The van der Waals surface area contributed by atoms with Crippen LogP contribution in [0.3, 0.4) is 0 Å². The van der Waals surface area contributed by atoms with E-state index < -0.39 is 29.8 Å². The smallest absolute Gasteiger partial charge is 0.212 e. The quantitative estimate of drug-likeness (QED) is 0.190. The number of carbonyl (C=O) groups is 1. The van der Waals surface area contributed by atoms with Crippen molar-refractivity contribution in [3.8, 4) is 0 Å². The number of rotatable bonds is 16. The largest absolute Gasteiger partial charge is 0.395 e. The van der Waals surface area contributed by atoms with E-state index in [1.807, 2.05) is 62.4 Å². The van der Waals surface area contributed by atoms with Crippen LogP contribution in [0.15, 0.2) is 89.7 Å². The van der Waals surface area contributed by atoms with Gasteiger partial charge in [-0.2, -0.15) is 0 Å². The first kappa shape index (κ1) is 34.4. The van der Waals surface area contributed by atoms with Crippen molar-refractivity contribution in [1.82, 2.24) is 4.90 Å². The molecule has 0 radical (unpaired) electrons. The minimum atomic E-state index is -1.75. The Morgan fingerprint density at radius 1 is 1.05 bits per heavy atom. The first-order valence-electron chi connectivity index (χ1n) is 14.5. The van der Waals surface area contributed by atoms with E-state index in [0.29, 0.717) is 11.3 Å². The Bertz CT molecular complexity index is 1120. The standard InChI is InChI=1S/C34H49NO6/c1-24(13-11-14-25(2)32(39)26(3)18-19-28-15-7-6-8-16-28)12-9-10-17-29(37)22-30(38)23-31-27(4)33(40)34(5,41)35(31)20-21-36/h6-17,25-26,29-30,32,36-39,41H,18-23H2,1-5H3. The van der Waals surface area contributed by atoms with Crippen LogP contribution >= 0.6 is 0 Å². The van der Waals surface area contributed by atoms with Crippen LogP contribution in [0.5, 0.6) is 0 Å². The maximum Gasteiger partial charge on any atom is 0.212 e. The molecule has 7 heteroatoms. The first-order valence-corrected chi connectivity index (χ1v) is 14.5. The van der Waals surface area contributed by atoms with Crippen LogP contribution in [0.4, 0.5) is 0 Å². The second kappa shape index (κ2) is 16.6. The molecule has 0 spiro atoms. The fraction of sp³-hybridized carbons (Fsp3) is 0.500. The summed E-state index contributed by atoms with van der Waals surface area (Å²) in [7, 11) is 0. The molecule has 226 valence electrons. The fourth-order valence-electron chi connectivity index (χ4n) is 5.13. The van der Waals surface area contributed by atoms with E-state index >= 15 is 0 Å². The Morgan fingerprint density at radius 3 is 2.39 bits per heavy atom. The molecule has 41 heavy (non-hydrogen) atoms. The van der Waals surface area contributed by atoms with Gasteiger partial charge < -0.3 is 30.4 Å². The number of hydrogen-bond donors (Lipinski definition) is 5. The Morgan fingerprint density at radius 2 is 1.73 bits per heavy atom. The molecule has 1 aliphatic rings. The van der Waals surface area contributed by atoms with Crippen LogP contribution in [-0.4, -0.2) is 73.4 Å². The molecule has 6 unspecified atom stereocenters. The van der Waals surface area contributed by atoms with Crippen molar-refractivity contribution < 1.29 is 30.3 Å². The number of nitrogens with zero attached hydrogens (tertiary/aromatic N) is 1. The number of β-amino-alcohol motifs (C(OH)–C–C–N with tert-alkyl or cyclic N) is 1. The van der Waals surface area contributed by atoms with Crippen molar-refractivity contribution in [2.24, 2.45) is 11.8 Å². The monoisotopic (exact) mass is 567 g/mol. The molecule has 1 aliphatic heterocycles. The van der Waals surface area contributed by atoms with E-state index in [1.54, 1.807) is 19.1 Å². The average molecular weight is 568 g/mol. The van der Waals surface area contributed by atoms with Crippen LogP contribution in [0.25, 0.3) is 0 Å². The van der Waals surface area contributed by atoms with Crippen LogP contribution < -0.4 is 0 Å². The zero-order chi connectivity index (χ0) is 30.6. The van der Waals surface area contributed by atoms with Gasteiger partial charge in [0.15, 0.2) is 5.72 Å². The van der Waals surface area contributed by atoms with Gasteiger partial charge in [0.05, 0.1) is 24.9 Å². The second-order valence-corrected chi connectivity index (χ2v) is 11.3. The van der Waals surface area contributed by atoms with Gasteiger partial charge in [-0.25, -0.2) is 0 Å². The lowest BCUT2D eigenvalue weighted by Gasteiger charge is -2.33. The molecule has 6 atom stereocenters. The molecule has 1 aromatic rings. The Labute approximate surface area is 245 Å². The highest BCUT2D eigenvalue weighted by molar-refractivity contribution is 6.03. The summed E-state index contributed by atoms with van der Waals surface area (Å²) in [5, 5.41) is 51.4. The van der Waals surface area contributed by atoms with E-state index in [9.17, 15) is 30.3 Å². The van der Waals surface area contributed by atoms with Crippen LogP contribution in [0, 0.1) is 11.8 Å². The Balaban J connectivity index is 1.80. The van der Waals surface area contributed by atoms with E-state index in [4.69, 9.17) is 0 Å². The van der Waals surface area contributed by atoms with Gasteiger partial charge in [0.25, 0.3) is 0 Å². The molecule has 0 fully saturated rings. The minimum absolute atomic E-state index is 0.0269. The van der Waals surface area contributed by atoms with E-state index in [-0.39, 0.29) is 37.8 Å². The third kappa shape index (κ3) is 10.5. The van der Waals surface area contributed by atoms with Crippen molar-refractivity contribution >= 4 is 5.78 Å². The third-order valence-electron chi connectivity index (χ3n) is 7.75. The molecule has 1 heterocycles. The van der Waals surface area contributed by atoms with E-state index in [2.05, 4.69) is 19.1 Å². The summed E-state index contributed by atoms with van der Waals surface area (Å²) in [5.74, 6) is -0.235. The molecule has 0 aromatic heterocycles. The topological polar surface area (TPSA) is 121 Å². The number of carbonyl (C=O) groups excluding carboxylic acids is 1. The summed E-state index contributed by atoms with van der Waals surface area (Å²) in [6.45, 7) is 8.87. The Kier molecular flexibility index (Phi) is 13.9.